The van der Waals surface area contributed by atoms with Crippen LogP contribution in [0.1, 0.15) is 115 Å². The van der Waals surface area contributed by atoms with Gasteiger partial charge in [-0.15, -0.1) is 0 Å². The monoisotopic (exact) mass is 1410 g/mol. The number of rotatable bonds is 39. The van der Waals surface area contributed by atoms with E-state index in [1.165, 1.54) is 62.5 Å². The molecule has 11 amide bonds. The first-order valence-corrected chi connectivity index (χ1v) is 34.4. The summed E-state index contributed by atoms with van der Waals surface area (Å²) in [5.41, 5.74) is 13.2. The second-order valence-electron chi connectivity index (χ2n) is 26.5. The fourth-order valence-corrected chi connectivity index (χ4v) is 12.1. The Morgan fingerprint density at radius 2 is 1.19 bits per heavy atom. The van der Waals surface area contributed by atoms with Crippen molar-refractivity contribution in [3.63, 3.8) is 0 Å². The number of hydrogen-bond donors (Lipinski definition) is 12. The average molecular weight is 1420 g/mol. The fraction of sp³-hybridized carbons (Fsp3) is 0.466. The second kappa shape index (κ2) is 39.2. The predicted octanol–water partition coefficient (Wildman–Crippen LogP) is 2.26. The number of nitrogens with zero attached hydrogens (tertiary/aromatic N) is 3. The van der Waals surface area contributed by atoms with Crippen LogP contribution in [0.3, 0.4) is 0 Å². The summed E-state index contributed by atoms with van der Waals surface area (Å²) in [5.74, 6) is -11.6. The highest BCUT2D eigenvalue weighted by molar-refractivity contribution is 6.30. The number of unbranched alkanes of at least 4 members (excludes halogenated alkanes) is 1. The van der Waals surface area contributed by atoms with E-state index in [9.17, 15) is 63.0 Å². The summed E-state index contributed by atoms with van der Waals surface area (Å²) < 4.78 is 0. The summed E-state index contributed by atoms with van der Waals surface area (Å²) in [4.78, 5) is 175. The van der Waals surface area contributed by atoms with Crippen molar-refractivity contribution >= 4 is 93.1 Å². The largest absolute Gasteiger partial charge is 0.508 e. The van der Waals surface area contributed by atoms with Gasteiger partial charge in [0.25, 0.3) is 0 Å². The van der Waals surface area contributed by atoms with E-state index in [4.69, 9.17) is 23.1 Å². The SMILES string of the molecule is CC(=O)N[C@H](Cc1ccc2ccccc2c1)C(=O)NC(Cc1ccc(Cl)cc1)C(=O)N[C@H](Cc1cccnc1)C(=O)N[C@@H](CO)C(=O)N(C)[C@@H](Cc1ccc(O)cc1)C(=O)C[C@H](CC(N)=O)C(=O)N[C@@H](CC(C)C)C(=O)N[C@@H](CCCCNC(C)C)C(=O)N1CCC[C@H]1C(=O)N[C@H](C)C(N)=O. The number of phenols is 1. The number of primary amides is 2. The van der Waals surface area contributed by atoms with Crippen molar-refractivity contribution in [2.45, 2.75) is 179 Å². The van der Waals surface area contributed by atoms with Crippen LogP contribution in [0.5, 0.6) is 5.75 Å². The number of Topliss-reactive ketones (excluding diaryl/α,β-unsaturated/α-hetero) is 1. The van der Waals surface area contributed by atoms with Crippen LogP contribution in [0.4, 0.5) is 0 Å². The van der Waals surface area contributed by atoms with Gasteiger partial charge in [0.2, 0.25) is 65.0 Å². The van der Waals surface area contributed by atoms with Crippen LogP contribution in [0.2, 0.25) is 5.02 Å². The lowest BCUT2D eigenvalue weighted by Crippen LogP contribution is -2.60. The number of nitrogens with two attached hydrogens (primary N) is 2. The van der Waals surface area contributed by atoms with Gasteiger partial charge in [0.05, 0.1) is 18.6 Å². The van der Waals surface area contributed by atoms with Crippen LogP contribution in [-0.2, 0) is 83.2 Å². The van der Waals surface area contributed by atoms with Gasteiger partial charge in [-0.1, -0.05) is 112 Å². The third-order valence-electron chi connectivity index (χ3n) is 17.4. The maximum absolute atomic E-state index is 15.0. The Labute approximate surface area is 593 Å². The maximum Gasteiger partial charge on any atom is 0.247 e. The van der Waals surface area contributed by atoms with E-state index in [1.54, 1.807) is 50.2 Å². The van der Waals surface area contributed by atoms with Crippen molar-refractivity contribution in [2.75, 3.05) is 26.7 Å². The zero-order chi connectivity index (χ0) is 74.0. The molecule has 5 aromatic rings. The molecule has 1 unspecified atom stereocenters. The molecular formula is C73H96ClN13O14. The predicted molar refractivity (Wildman–Crippen MR) is 378 cm³/mol. The molecule has 28 heteroatoms. The molecule has 1 aromatic heterocycles. The van der Waals surface area contributed by atoms with E-state index >= 15 is 4.79 Å². The Hall–Kier alpha value is -9.86. The molecule has 0 saturated carbocycles. The lowest BCUT2D eigenvalue weighted by atomic mass is 9.90. The molecule has 4 aromatic carbocycles. The molecule has 1 aliphatic heterocycles. The first kappa shape index (κ1) is 80.1. The summed E-state index contributed by atoms with van der Waals surface area (Å²) in [6, 6.07) is 16.7. The van der Waals surface area contributed by atoms with Gasteiger partial charge in [-0.3, -0.25) is 62.5 Å². The quantitative estimate of drug-likeness (QED) is 0.0251. The Balaban J connectivity index is 1.25. The average Bonchev–Trinajstić information content (AvgIpc) is 1.71. The molecule has 0 spiro atoms. The molecule has 6 rings (SSSR count). The molecule has 0 aliphatic carbocycles. The molecule has 14 N–H and O–H groups in total. The van der Waals surface area contributed by atoms with Crippen LogP contribution in [0.15, 0.2) is 116 Å². The Morgan fingerprint density at radius 3 is 1.78 bits per heavy atom. The number of phenolic OH excluding ortho intramolecular Hbond substituents is 1. The number of aliphatic hydroxyl groups is 1. The molecule has 1 saturated heterocycles. The Bertz CT molecular complexity index is 3690. The minimum Gasteiger partial charge on any atom is -0.508 e. The second-order valence-corrected chi connectivity index (χ2v) is 26.9. The third-order valence-corrected chi connectivity index (χ3v) is 17.6. The van der Waals surface area contributed by atoms with Crippen LogP contribution in [-0.4, -0.2) is 183 Å². The third kappa shape index (κ3) is 25.4. The number of carbonyl (C=O) groups excluding carboxylic acids is 12. The summed E-state index contributed by atoms with van der Waals surface area (Å²) in [6.07, 6.45) is 2.74. The summed E-state index contributed by atoms with van der Waals surface area (Å²) >= 11 is 6.23. The number of likely N-dealkylation sites (N-methyl/N-ethyl adjacent to an activating group) is 1. The normalized spacial score (nSPS) is 15.5. The first-order chi connectivity index (χ1) is 48.0. The van der Waals surface area contributed by atoms with Gasteiger partial charge in [-0.2, -0.15) is 0 Å². The Kier molecular flexibility index (Phi) is 31.1. The summed E-state index contributed by atoms with van der Waals surface area (Å²) in [7, 11) is 1.22. The number of pyridine rings is 1. The number of likely N-dealkylation sites (tertiary alicyclic amines) is 1. The van der Waals surface area contributed by atoms with Crippen molar-refractivity contribution in [3.8, 4) is 5.75 Å². The minimum atomic E-state index is -1.82. The molecule has 1 fully saturated rings. The number of aromatic nitrogens is 1. The molecule has 1 aliphatic rings. The molecule has 101 heavy (non-hydrogen) atoms. The molecular weight excluding hydrogens is 1320 g/mol. The molecule has 27 nitrogen and oxygen atoms in total. The number of halogens is 1. The van der Waals surface area contributed by atoms with Gasteiger partial charge in [0.15, 0.2) is 5.78 Å². The molecule has 544 valence electrons. The van der Waals surface area contributed by atoms with Crippen LogP contribution in [0.25, 0.3) is 10.8 Å². The van der Waals surface area contributed by atoms with E-state index in [-0.39, 0.29) is 69.2 Å². The van der Waals surface area contributed by atoms with Crippen molar-refractivity contribution in [3.05, 3.63) is 143 Å². The van der Waals surface area contributed by atoms with Gasteiger partial charge in [0.1, 0.15) is 54.1 Å². The first-order valence-electron chi connectivity index (χ1n) is 34.0. The molecule has 10 atom stereocenters. The lowest BCUT2D eigenvalue weighted by Gasteiger charge is -2.32. The number of aromatic hydroxyl groups is 1. The number of amides is 11. The van der Waals surface area contributed by atoms with Crippen molar-refractivity contribution in [2.24, 2.45) is 23.3 Å². The number of benzene rings is 4. The fourth-order valence-electron chi connectivity index (χ4n) is 12.0. The highest BCUT2D eigenvalue weighted by Crippen LogP contribution is 2.24. The van der Waals surface area contributed by atoms with Gasteiger partial charge in [-0.25, -0.2) is 0 Å². The zero-order valence-electron chi connectivity index (χ0n) is 58.2. The van der Waals surface area contributed by atoms with Gasteiger partial charge in [0, 0.05) is 76.1 Å². The van der Waals surface area contributed by atoms with Gasteiger partial charge in [-0.05, 0) is 128 Å². The highest BCUT2D eigenvalue weighted by Gasteiger charge is 2.41. The van der Waals surface area contributed by atoms with E-state index in [0.717, 1.165) is 15.7 Å². The number of aliphatic hydroxyl groups excluding tert-OH is 1. The van der Waals surface area contributed by atoms with Gasteiger partial charge >= 0.3 is 0 Å². The maximum atomic E-state index is 15.0. The van der Waals surface area contributed by atoms with Gasteiger partial charge < -0.3 is 74.0 Å². The van der Waals surface area contributed by atoms with Crippen LogP contribution in [0, 0.1) is 11.8 Å². The number of ketones is 1. The highest BCUT2D eigenvalue weighted by atomic mass is 35.5. The van der Waals surface area contributed by atoms with Crippen molar-refractivity contribution in [1.82, 2.24) is 57.3 Å². The minimum absolute atomic E-state index is 0.00374. The number of nitrogens with one attached hydrogen (secondary N) is 8. The van der Waals surface area contributed by atoms with E-state index < -0.39 is 151 Å². The van der Waals surface area contributed by atoms with E-state index in [1.807, 2.05) is 56.3 Å². The molecule has 0 bridgehead atoms. The van der Waals surface area contributed by atoms with Crippen molar-refractivity contribution < 1.29 is 67.7 Å². The summed E-state index contributed by atoms with van der Waals surface area (Å²) in [6.45, 7) is 9.91. The molecule has 0 radical (unpaired) electrons. The molecule has 2 heterocycles. The van der Waals surface area contributed by atoms with E-state index in [0.29, 0.717) is 53.1 Å². The number of hydrogen-bond acceptors (Lipinski definition) is 16. The summed E-state index contributed by atoms with van der Waals surface area (Å²) in [5, 5.41) is 45.6. The van der Waals surface area contributed by atoms with Crippen molar-refractivity contribution in [1.29, 1.82) is 0 Å². The van der Waals surface area contributed by atoms with E-state index in [2.05, 4.69) is 47.5 Å². The van der Waals surface area contributed by atoms with Crippen LogP contribution >= 0.6 is 11.6 Å². The standard InChI is InChI=1S/C73H96ClN13O14/c1-42(2)32-56(67(95)81-55(17-10-11-30-78-43(3)4)73(101)87-31-13-18-61(87)71(99)79-44(5)65(76)93)82-66(94)52(39-64(75)92)38-63(91)62(37-47-22-27-54(90)28-23-47)86(7)72(100)60(41-88)85-70(98)59(36-49-14-12-29-77-40-49)84-69(97)58(34-46-20-25-53(74)26-21-46)83-68(96)57(80-45(6)89)35-48-19-24-50-15-8-9-16-51(50)33-48/h8-9,12,14-16,19-29,33,40,42-44,52,55-62,78,88,90H,10-11,13,17-18,30-32,34-39,41H2,1-7H3,(H2,75,92)(H2,76,93)(H,79,99)(H,80,89)(H,81,95)(H,82,94)(H,83,96)(H,84,97)(H,85,98)/t44-,52-,55+,56+,57-,58?,59-,60+,61+,62+/m1/s1. The zero-order valence-corrected chi connectivity index (χ0v) is 58.9. The number of carbonyl (C=O) groups is 12. The van der Waals surface area contributed by atoms with Crippen LogP contribution < -0.4 is 54.0 Å². The number of fused-ring (bicyclic) bond motifs is 1. The topological polar surface area (TPSA) is 413 Å². The smallest absolute Gasteiger partial charge is 0.247 e. The Morgan fingerprint density at radius 1 is 0.624 bits per heavy atom. The lowest BCUT2D eigenvalue weighted by molar-refractivity contribution is -0.143.